The molecule has 0 heterocycles. The maximum atomic E-state index is 12.0. The van der Waals surface area contributed by atoms with Crippen molar-refractivity contribution in [3.05, 3.63) is 29.8 Å². The lowest BCUT2D eigenvalue weighted by atomic mass is 9.94. The Kier molecular flexibility index (Phi) is 5.14. The number of carbonyl (C=O) groups is 1. The zero-order chi connectivity index (χ0) is 14.4. The number of likely N-dealkylation sites (N-methyl/N-ethyl adjacent to an activating group) is 1. The Balaban J connectivity index is 1.83. The quantitative estimate of drug-likeness (QED) is 0.916. The highest BCUT2D eigenvalue weighted by Gasteiger charge is 2.19. The SMILES string of the molecule is CN(CC(=O)Nc1ccc(C#N)cc1)C1CCCCC1. The standard InChI is InChI=1S/C16H21N3O/c1-19(15-5-3-2-4-6-15)12-16(20)18-14-9-7-13(11-17)8-10-14/h7-10,15H,2-6,12H2,1H3,(H,18,20). The van der Waals surface area contributed by atoms with E-state index >= 15 is 0 Å². The molecule has 2 rings (SSSR count). The van der Waals surface area contributed by atoms with E-state index in [1.807, 2.05) is 7.05 Å². The first-order valence-corrected chi connectivity index (χ1v) is 7.19. The molecule has 1 aliphatic carbocycles. The van der Waals surface area contributed by atoms with Crippen LogP contribution in [0.25, 0.3) is 0 Å². The number of benzene rings is 1. The smallest absolute Gasteiger partial charge is 0.238 e. The van der Waals surface area contributed by atoms with E-state index in [2.05, 4.69) is 16.3 Å². The topological polar surface area (TPSA) is 56.1 Å². The Hall–Kier alpha value is -1.86. The van der Waals surface area contributed by atoms with Gasteiger partial charge in [0.25, 0.3) is 0 Å². The van der Waals surface area contributed by atoms with Gasteiger partial charge in [-0.1, -0.05) is 19.3 Å². The number of anilines is 1. The predicted octanol–water partition coefficient (Wildman–Crippen LogP) is 2.76. The second kappa shape index (κ2) is 7.06. The van der Waals surface area contributed by atoms with Gasteiger partial charge in [0.1, 0.15) is 0 Å². The van der Waals surface area contributed by atoms with E-state index in [1.165, 1.54) is 32.1 Å². The van der Waals surface area contributed by atoms with Crippen LogP contribution in [0.1, 0.15) is 37.7 Å². The minimum absolute atomic E-state index is 0.00258. The lowest BCUT2D eigenvalue weighted by molar-refractivity contribution is -0.117. The molecule has 1 aromatic carbocycles. The van der Waals surface area contributed by atoms with Crippen LogP contribution in [0, 0.1) is 11.3 Å². The maximum Gasteiger partial charge on any atom is 0.238 e. The Labute approximate surface area is 120 Å². The van der Waals surface area contributed by atoms with E-state index in [4.69, 9.17) is 5.26 Å². The summed E-state index contributed by atoms with van der Waals surface area (Å²) in [7, 11) is 2.02. The number of nitrogens with one attached hydrogen (secondary N) is 1. The summed E-state index contributed by atoms with van der Waals surface area (Å²) in [5.74, 6) is 0.00258. The van der Waals surface area contributed by atoms with Crippen molar-refractivity contribution in [1.29, 1.82) is 5.26 Å². The number of carbonyl (C=O) groups excluding carboxylic acids is 1. The molecule has 0 saturated heterocycles. The summed E-state index contributed by atoms with van der Waals surface area (Å²) in [6.45, 7) is 0.421. The van der Waals surface area contributed by atoms with Crippen molar-refractivity contribution in [1.82, 2.24) is 4.90 Å². The lowest BCUT2D eigenvalue weighted by Crippen LogP contribution is -2.39. The van der Waals surface area contributed by atoms with Gasteiger partial charge >= 0.3 is 0 Å². The van der Waals surface area contributed by atoms with Gasteiger partial charge in [-0.2, -0.15) is 5.26 Å². The van der Waals surface area contributed by atoms with E-state index in [0.29, 0.717) is 18.2 Å². The van der Waals surface area contributed by atoms with Crippen LogP contribution in [0.5, 0.6) is 0 Å². The van der Waals surface area contributed by atoms with E-state index in [-0.39, 0.29) is 5.91 Å². The molecule has 1 aliphatic rings. The van der Waals surface area contributed by atoms with Crippen molar-refractivity contribution in [2.75, 3.05) is 18.9 Å². The van der Waals surface area contributed by atoms with Gasteiger partial charge in [-0.25, -0.2) is 0 Å². The first-order valence-electron chi connectivity index (χ1n) is 7.19. The van der Waals surface area contributed by atoms with Gasteiger partial charge in [0.05, 0.1) is 18.2 Å². The summed E-state index contributed by atoms with van der Waals surface area (Å²) in [5, 5.41) is 11.6. The Bertz CT molecular complexity index is 483. The second-order valence-corrected chi connectivity index (χ2v) is 5.44. The highest BCUT2D eigenvalue weighted by molar-refractivity contribution is 5.92. The van der Waals surface area contributed by atoms with Crippen LogP contribution in [0.3, 0.4) is 0 Å². The van der Waals surface area contributed by atoms with Crippen LogP contribution in [-0.2, 0) is 4.79 Å². The van der Waals surface area contributed by atoms with E-state index in [0.717, 1.165) is 5.69 Å². The third kappa shape index (κ3) is 4.07. The van der Waals surface area contributed by atoms with E-state index < -0.39 is 0 Å². The van der Waals surface area contributed by atoms with Gasteiger partial charge in [-0.3, -0.25) is 9.69 Å². The van der Waals surface area contributed by atoms with Gasteiger partial charge in [0.15, 0.2) is 0 Å². The molecule has 1 amide bonds. The summed E-state index contributed by atoms with van der Waals surface area (Å²) < 4.78 is 0. The molecule has 0 unspecified atom stereocenters. The number of nitriles is 1. The Morgan fingerprint density at radius 1 is 1.30 bits per heavy atom. The maximum absolute atomic E-state index is 12.0. The monoisotopic (exact) mass is 271 g/mol. The van der Waals surface area contributed by atoms with E-state index in [9.17, 15) is 4.79 Å². The molecule has 0 spiro atoms. The fraction of sp³-hybridized carbons (Fsp3) is 0.500. The van der Waals surface area contributed by atoms with Gasteiger partial charge < -0.3 is 5.32 Å². The molecule has 1 saturated carbocycles. The first kappa shape index (κ1) is 14.5. The minimum atomic E-state index is 0.00258. The lowest BCUT2D eigenvalue weighted by Gasteiger charge is -2.30. The Morgan fingerprint density at radius 3 is 2.55 bits per heavy atom. The average molecular weight is 271 g/mol. The molecule has 0 atom stereocenters. The van der Waals surface area contributed by atoms with Crippen LogP contribution in [0.15, 0.2) is 24.3 Å². The first-order chi connectivity index (χ1) is 9.69. The fourth-order valence-corrected chi connectivity index (χ4v) is 2.71. The molecule has 0 bridgehead atoms. The van der Waals surface area contributed by atoms with Crippen molar-refractivity contribution in [3.8, 4) is 6.07 Å². The van der Waals surface area contributed by atoms with Crippen LogP contribution < -0.4 is 5.32 Å². The summed E-state index contributed by atoms with van der Waals surface area (Å²) in [5.41, 5.74) is 1.34. The third-order valence-electron chi connectivity index (χ3n) is 3.89. The van der Waals surface area contributed by atoms with Crippen LogP contribution >= 0.6 is 0 Å². The fourth-order valence-electron chi connectivity index (χ4n) is 2.71. The molecule has 20 heavy (non-hydrogen) atoms. The zero-order valence-corrected chi connectivity index (χ0v) is 11.9. The van der Waals surface area contributed by atoms with Crippen molar-refractivity contribution in [2.24, 2.45) is 0 Å². The number of hydrogen-bond acceptors (Lipinski definition) is 3. The van der Waals surface area contributed by atoms with Crippen molar-refractivity contribution < 1.29 is 4.79 Å². The normalized spacial score (nSPS) is 15.8. The summed E-state index contributed by atoms with van der Waals surface area (Å²) >= 11 is 0. The molecule has 1 fully saturated rings. The van der Waals surface area contributed by atoms with Crippen molar-refractivity contribution in [2.45, 2.75) is 38.1 Å². The number of nitrogens with zero attached hydrogens (tertiary/aromatic N) is 2. The van der Waals surface area contributed by atoms with Crippen LogP contribution in [0.2, 0.25) is 0 Å². The summed E-state index contributed by atoms with van der Waals surface area (Å²) in [6.07, 6.45) is 6.25. The van der Waals surface area contributed by atoms with Gasteiger partial charge in [0, 0.05) is 11.7 Å². The molecule has 0 aromatic heterocycles. The van der Waals surface area contributed by atoms with Gasteiger partial charge in [-0.05, 0) is 44.2 Å². The number of amides is 1. The summed E-state index contributed by atoms with van der Waals surface area (Å²) in [4.78, 5) is 14.2. The van der Waals surface area contributed by atoms with Crippen molar-refractivity contribution >= 4 is 11.6 Å². The zero-order valence-electron chi connectivity index (χ0n) is 11.9. The molecular weight excluding hydrogens is 250 g/mol. The number of hydrogen-bond donors (Lipinski definition) is 1. The molecule has 4 nitrogen and oxygen atoms in total. The van der Waals surface area contributed by atoms with E-state index in [1.54, 1.807) is 24.3 Å². The molecular formula is C16H21N3O. The average Bonchev–Trinajstić information content (AvgIpc) is 2.49. The molecule has 0 radical (unpaired) electrons. The third-order valence-corrected chi connectivity index (χ3v) is 3.89. The minimum Gasteiger partial charge on any atom is -0.325 e. The number of rotatable bonds is 4. The second-order valence-electron chi connectivity index (χ2n) is 5.44. The van der Waals surface area contributed by atoms with Gasteiger partial charge in [0.2, 0.25) is 5.91 Å². The highest BCUT2D eigenvalue weighted by Crippen LogP contribution is 2.21. The van der Waals surface area contributed by atoms with Crippen molar-refractivity contribution in [3.63, 3.8) is 0 Å². The van der Waals surface area contributed by atoms with Crippen LogP contribution in [-0.4, -0.2) is 30.4 Å². The Morgan fingerprint density at radius 2 is 1.95 bits per heavy atom. The van der Waals surface area contributed by atoms with Crippen LogP contribution in [0.4, 0.5) is 5.69 Å². The molecule has 1 N–H and O–H groups in total. The highest BCUT2D eigenvalue weighted by atomic mass is 16.2. The predicted molar refractivity (Wildman–Crippen MR) is 79.3 cm³/mol. The molecule has 106 valence electrons. The molecule has 1 aromatic rings. The molecule has 4 heteroatoms. The summed E-state index contributed by atoms with van der Waals surface area (Å²) in [6, 6.07) is 9.54. The largest absolute Gasteiger partial charge is 0.325 e. The molecule has 0 aliphatic heterocycles. The van der Waals surface area contributed by atoms with Gasteiger partial charge in [-0.15, -0.1) is 0 Å².